The SMILES string of the molecule is CC(C(=O)O)C(C)c1ccc(-c2cccc(-n3cc(C(=O)NC4CC4)c(=O)c4cccnc43)c2)cc1. The average molecular weight is 482 g/mol. The van der Waals surface area contributed by atoms with E-state index in [2.05, 4.69) is 10.3 Å². The summed E-state index contributed by atoms with van der Waals surface area (Å²) < 4.78 is 1.78. The van der Waals surface area contributed by atoms with Gasteiger partial charge in [-0.1, -0.05) is 50.2 Å². The molecule has 0 aliphatic heterocycles. The first kappa shape index (κ1) is 23.5. The monoisotopic (exact) mass is 481 g/mol. The third-order valence-electron chi connectivity index (χ3n) is 6.95. The molecule has 1 aliphatic rings. The van der Waals surface area contributed by atoms with Gasteiger partial charge in [-0.3, -0.25) is 14.4 Å². The summed E-state index contributed by atoms with van der Waals surface area (Å²) in [5.74, 6) is -1.77. The highest BCUT2D eigenvalue weighted by Crippen LogP contribution is 2.29. The van der Waals surface area contributed by atoms with Crippen LogP contribution >= 0.6 is 0 Å². The largest absolute Gasteiger partial charge is 0.481 e. The third-order valence-corrected chi connectivity index (χ3v) is 6.95. The molecule has 2 heterocycles. The van der Waals surface area contributed by atoms with E-state index in [-0.39, 0.29) is 28.9 Å². The van der Waals surface area contributed by atoms with Gasteiger partial charge in [0.1, 0.15) is 11.2 Å². The van der Waals surface area contributed by atoms with Gasteiger partial charge in [0.2, 0.25) is 5.43 Å². The summed E-state index contributed by atoms with van der Waals surface area (Å²) in [7, 11) is 0. The van der Waals surface area contributed by atoms with Crippen molar-refractivity contribution >= 4 is 22.9 Å². The predicted octanol–water partition coefficient (Wildman–Crippen LogP) is 4.77. The van der Waals surface area contributed by atoms with Crippen LogP contribution in [0.2, 0.25) is 0 Å². The summed E-state index contributed by atoms with van der Waals surface area (Å²) in [6.07, 6.45) is 5.07. The number of carboxylic acid groups (broad SMARTS) is 1. The number of carbonyl (C=O) groups is 2. The van der Waals surface area contributed by atoms with Crippen molar-refractivity contribution in [3.63, 3.8) is 0 Å². The number of fused-ring (bicyclic) bond motifs is 1. The second-order valence-electron chi connectivity index (χ2n) is 9.45. The molecule has 36 heavy (non-hydrogen) atoms. The normalized spacial score (nSPS) is 14.8. The molecule has 2 atom stereocenters. The summed E-state index contributed by atoms with van der Waals surface area (Å²) in [5, 5.41) is 12.6. The van der Waals surface area contributed by atoms with Gasteiger partial charge in [-0.25, -0.2) is 4.98 Å². The van der Waals surface area contributed by atoms with Crippen LogP contribution < -0.4 is 10.7 Å². The molecular weight excluding hydrogens is 454 g/mol. The number of aromatic nitrogens is 2. The highest BCUT2D eigenvalue weighted by Gasteiger charge is 2.26. The smallest absolute Gasteiger partial charge is 0.306 e. The number of nitrogens with one attached hydrogen (secondary N) is 1. The molecule has 2 N–H and O–H groups in total. The minimum absolute atomic E-state index is 0.0960. The van der Waals surface area contributed by atoms with Gasteiger partial charge in [-0.05, 0) is 59.7 Å². The second kappa shape index (κ2) is 9.41. The van der Waals surface area contributed by atoms with Crippen LogP contribution in [0.5, 0.6) is 0 Å². The lowest BCUT2D eigenvalue weighted by atomic mass is 9.88. The Balaban J connectivity index is 1.54. The zero-order chi connectivity index (χ0) is 25.4. The van der Waals surface area contributed by atoms with E-state index >= 15 is 0 Å². The van der Waals surface area contributed by atoms with E-state index in [1.807, 2.05) is 55.5 Å². The topological polar surface area (TPSA) is 101 Å². The van der Waals surface area contributed by atoms with Crippen molar-refractivity contribution in [3.05, 3.63) is 94.4 Å². The van der Waals surface area contributed by atoms with Crippen LogP contribution in [0.1, 0.15) is 48.5 Å². The molecule has 2 aromatic heterocycles. The maximum absolute atomic E-state index is 13.1. The zero-order valence-corrected chi connectivity index (χ0v) is 20.1. The van der Waals surface area contributed by atoms with E-state index in [0.717, 1.165) is 35.2 Å². The number of carboxylic acids is 1. The van der Waals surface area contributed by atoms with Gasteiger partial charge < -0.3 is 15.0 Å². The molecule has 1 fully saturated rings. The van der Waals surface area contributed by atoms with E-state index in [1.165, 1.54) is 0 Å². The molecule has 1 saturated carbocycles. The molecule has 5 rings (SSSR count). The third kappa shape index (κ3) is 4.52. The Labute approximate surface area is 208 Å². The molecule has 7 nitrogen and oxygen atoms in total. The van der Waals surface area contributed by atoms with Crippen molar-refractivity contribution in [1.29, 1.82) is 0 Å². The van der Waals surface area contributed by atoms with Crippen molar-refractivity contribution < 1.29 is 14.7 Å². The highest BCUT2D eigenvalue weighted by molar-refractivity contribution is 5.97. The Morgan fingerprint density at radius 3 is 2.47 bits per heavy atom. The quantitative estimate of drug-likeness (QED) is 0.396. The molecule has 2 aromatic carbocycles. The van der Waals surface area contributed by atoms with Gasteiger partial charge in [-0.2, -0.15) is 0 Å². The molecule has 182 valence electrons. The Bertz CT molecular complexity index is 1520. The van der Waals surface area contributed by atoms with Crippen LogP contribution in [0.25, 0.3) is 27.8 Å². The standard InChI is InChI=1S/C29H27N3O4/c1-17(18(2)29(35)36)19-8-10-20(11-9-19)21-5-3-6-23(15-21)32-16-25(28(34)31-22-12-13-22)26(33)24-7-4-14-30-27(24)32/h3-11,14-18,22H,12-13H2,1-2H3,(H,31,34)(H,35,36). The van der Waals surface area contributed by atoms with Crippen LogP contribution in [-0.4, -0.2) is 32.6 Å². The average Bonchev–Trinajstić information content (AvgIpc) is 3.72. The van der Waals surface area contributed by atoms with E-state index < -0.39 is 11.9 Å². The number of pyridine rings is 2. The number of carbonyl (C=O) groups excluding carboxylic acids is 1. The molecule has 0 saturated heterocycles. The Kier molecular flexibility index (Phi) is 6.14. The van der Waals surface area contributed by atoms with Crippen LogP contribution in [0, 0.1) is 5.92 Å². The molecule has 4 aromatic rings. The highest BCUT2D eigenvalue weighted by atomic mass is 16.4. The summed E-state index contributed by atoms with van der Waals surface area (Å²) in [6.45, 7) is 3.63. The Morgan fingerprint density at radius 2 is 1.78 bits per heavy atom. The molecule has 1 aliphatic carbocycles. The predicted molar refractivity (Wildman–Crippen MR) is 138 cm³/mol. The molecule has 7 heteroatoms. The van der Waals surface area contributed by atoms with Gasteiger partial charge in [-0.15, -0.1) is 0 Å². The number of nitrogens with zero attached hydrogens (tertiary/aromatic N) is 2. The van der Waals surface area contributed by atoms with Gasteiger partial charge in [0.25, 0.3) is 5.91 Å². The lowest BCUT2D eigenvalue weighted by Crippen LogP contribution is -2.31. The second-order valence-corrected chi connectivity index (χ2v) is 9.45. The minimum atomic E-state index is -0.814. The summed E-state index contributed by atoms with van der Waals surface area (Å²) in [5.41, 5.74) is 3.91. The maximum atomic E-state index is 13.1. The van der Waals surface area contributed by atoms with E-state index in [1.54, 1.807) is 36.0 Å². The lowest BCUT2D eigenvalue weighted by Gasteiger charge is -2.17. The van der Waals surface area contributed by atoms with E-state index in [4.69, 9.17) is 0 Å². The molecule has 0 spiro atoms. The number of benzene rings is 2. The maximum Gasteiger partial charge on any atom is 0.306 e. The zero-order valence-electron chi connectivity index (χ0n) is 20.1. The van der Waals surface area contributed by atoms with E-state index in [9.17, 15) is 19.5 Å². The van der Waals surface area contributed by atoms with Crippen molar-refractivity contribution in [1.82, 2.24) is 14.9 Å². The van der Waals surface area contributed by atoms with E-state index in [0.29, 0.717) is 11.0 Å². The van der Waals surface area contributed by atoms with Crippen LogP contribution in [0.3, 0.4) is 0 Å². The van der Waals surface area contributed by atoms with Crippen LogP contribution in [-0.2, 0) is 4.79 Å². The van der Waals surface area contributed by atoms with Crippen molar-refractivity contribution in [2.75, 3.05) is 0 Å². The molecule has 0 bridgehead atoms. The minimum Gasteiger partial charge on any atom is -0.481 e. The number of amides is 1. The first-order valence-corrected chi connectivity index (χ1v) is 12.1. The Hall–Kier alpha value is -4.26. The first-order valence-electron chi connectivity index (χ1n) is 12.1. The number of rotatable bonds is 7. The number of hydrogen-bond acceptors (Lipinski definition) is 4. The lowest BCUT2D eigenvalue weighted by molar-refractivity contribution is -0.141. The van der Waals surface area contributed by atoms with Gasteiger partial charge >= 0.3 is 5.97 Å². The van der Waals surface area contributed by atoms with Gasteiger partial charge in [0.05, 0.1) is 11.3 Å². The van der Waals surface area contributed by atoms with Crippen molar-refractivity contribution in [2.24, 2.45) is 5.92 Å². The number of aliphatic carboxylic acids is 1. The van der Waals surface area contributed by atoms with Crippen LogP contribution in [0.4, 0.5) is 0 Å². The van der Waals surface area contributed by atoms with Gasteiger partial charge in [0.15, 0.2) is 0 Å². The molecule has 1 amide bonds. The van der Waals surface area contributed by atoms with Crippen molar-refractivity contribution in [2.45, 2.75) is 38.6 Å². The molecule has 0 radical (unpaired) electrons. The first-order chi connectivity index (χ1) is 17.3. The van der Waals surface area contributed by atoms with Crippen molar-refractivity contribution in [3.8, 4) is 16.8 Å². The summed E-state index contributed by atoms with van der Waals surface area (Å²) >= 11 is 0. The summed E-state index contributed by atoms with van der Waals surface area (Å²) in [4.78, 5) is 41.7. The fraction of sp³-hybridized carbons (Fsp3) is 0.241. The fourth-order valence-electron chi connectivity index (χ4n) is 4.33. The number of hydrogen-bond donors (Lipinski definition) is 2. The molecular formula is C29H27N3O4. The fourth-order valence-corrected chi connectivity index (χ4v) is 4.33. The van der Waals surface area contributed by atoms with Gasteiger partial charge in [0, 0.05) is 24.1 Å². The summed E-state index contributed by atoms with van der Waals surface area (Å²) in [6, 6.07) is 19.2. The molecule has 2 unspecified atom stereocenters. The van der Waals surface area contributed by atoms with Crippen LogP contribution in [0.15, 0.2) is 77.9 Å². The Morgan fingerprint density at radius 1 is 1.03 bits per heavy atom.